The quantitative estimate of drug-likeness (QED) is 0.0683. The van der Waals surface area contributed by atoms with Crippen LogP contribution in [-0.4, -0.2) is 116 Å². The van der Waals surface area contributed by atoms with Crippen LogP contribution in [0, 0.1) is 5.92 Å². The van der Waals surface area contributed by atoms with Gasteiger partial charge in [0.25, 0.3) is 5.91 Å². The Morgan fingerprint density at radius 2 is 1.42 bits per heavy atom. The number of hydrogen-bond donors (Lipinski definition) is 7. The average molecular weight is 788 g/mol. The molecule has 6 atom stereocenters. The summed E-state index contributed by atoms with van der Waals surface area (Å²) in [7, 11) is 1.46. The summed E-state index contributed by atoms with van der Waals surface area (Å²) in [6.07, 6.45) is 4.17. The molecular formula is C40H58ClN5O9. The Bertz CT molecular complexity index is 1560. The predicted molar refractivity (Wildman–Crippen MR) is 208 cm³/mol. The highest BCUT2D eigenvalue weighted by molar-refractivity contribution is 6.17. The highest BCUT2D eigenvalue weighted by Crippen LogP contribution is 2.24. The van der Waals surface area contributed by atoms with Crippen molar-refractivity contribution in [3.05, 3.63) is 59.7 Å². The molecular weight excluding hydrogens is 730 g/mol. The molecule has 0 radical (unpaired) electrons. The van der Waals surface area contributed by atoms with E-state index in [0.29, 0.717) is 42.7 Å². The molecule has 4 amide bonds. The molecule has 0 aromatic heterocycles. The number of unbranched alkanes of at least 4 members (excludes halogenated alkanes) is 4. The molecule has 1 heterocycles. The number of hydrogen-bond acceptors (Lipinski definition) is 9. The van der Waals surface area contributed by atoms with E-state index in [9.17, 15) is 44.4 Å². The second kappa shape index (κ2) is 22.2. The first-order valence-corrected chi connectivity index (χ1v) is 19.6. The molecule has 2 aromatic carbocycles. The molecule has 0 spiro atoms. The maximum absolute atomic E-state index is 14.3. The molecule has 0 aliphatic carbocycles. The van der Waals surface area contributed by atoms with Crippen LogP contribution in [0.2, 0.25) is 0 Å². The summed E-state index contributed by atoms with van der Waals surface area (Å²) in [5.41, 5.74) is 7.38. The number of nitrogens with zero attached hydrogens (tertiary/aromatic N) is 2. The van der Waals surface area contributed by atoms with Crippen molar-refractivity contribution in [1.82, 2.24) is 20.4 Å². The van der Waals surface area contributed by atoms with Gasteiger partial charge in [0, 0.05) is 38.4 Å². The summed E-state index contributed by atoms with van der Waals surface area (Å²) < 4.78 is 0. The first-order chi connectivity index (χ1) is 26.1. The second-order valence-corrected chi connectivity index (χ2v) is 15.2. The number of carbonyl (C=O) groups is 5. The Labute approximate surface area is 328 Å². The van der Waals surface area contributed by atoms with Gasteiger partial charge >= 0.3 is 5.97 Å². The SMILES string of the molecule is CC(C)C[C@@H](C(=O)N1CCC[C@H]1C(=O)N[C@H](Cc1ccc(O)cc1)C(=O)O)N(C)C(=O)[C@@H](Cc1ccc(O)cc1)NC(=O)[C@@H](O)[C@@H](N)CCCCCCCCl. The number of likely N-dealkylation sites (N-methyl/N-ethyl adjacent to an activating group) is 1. The van der Waals surface area contributed by atoms with Crippen LogP contribution in [-0.2, 0) is 36.8 Å². The van der Waals surface area contributed by atoms with Gasteiger partial charge in [-0.05, 0) is 73.4 Å². The monoisotopic (exact) mass is 787 g/mol. The molecule has 1 saturated heterocycles. The highest BCUT2D eigenvalue weighted by Gasteiger charge is 2.42. The molecule has 1 fully saturated rings. The minimum Gasteiger partial charge on any atom is -0.508 e. The number of benzene rings is 2. The topological polar surface area (TPSA) is 223 Å². The van der Waals surface area contributed by atoms with Crippen molar-refractivity contribution >= 4 is 41.2 Å². The fourth-order valence-corrected chi connectivity index (χ4v) is 6.97. The summed E-state index contributed by atoms with van der Waals surface area (Å²) in [5, 5.41) is 45.4. The van der Waals surface area contributed by atoms with Crippen LogP contribution in [0.15, 0.2) is 48.5 Å². The Kier molecular flexibility index (Phi) is 18.2. The zero-order valence-electron chi connectivity index (χ0n) is 32.0. The van der Waals surface area contributed by atoms with E-state index in [1.54, 1.807) is 24.3 Å². The fraction of sp³-hybridized carbons (Fsp3) is 0.575. The van der Waals surface area contributed by atoms with Gasteiger partial charge in [-0.3, -0.25) is 19.2 Å². The number of aliphatic hydroxyl groups is 1. The summed E-state index contributed by atoms with van der Waals surface area (Å²) in [6.45, 7) is 3.99. The van der Waals surface area contributed by atoms with Gasteiger partial charge in [0.1, 0.15) is 41.8 Å². The van der Waals surface area contributed by atoms with Gasteiger partial charge in [0.2, 0.25) is 17.7 Å². The smallest absolute Gasteiger partial charge is 0.326 e. The molecule has 0 unspecified atom stereocenters. The van der Waals surface area contributed by atoms with Crippen LogP contribution in [0.3, 0.4) is 0 Å². The van der Waals surface area contributed by atoms with E-state index in [4.69, 9.17) is 17.3 Å². The van der Waals surface area contributed by atoms with Gasteiger partial charge in [0.05, 0.1) is 0 Å². The van der Waals surface area contributed by atoms with E-state index in [0.717, 1.165) is 25.7 Å². The van der Waals surface area contributed by atoms with Crippen molar-refractivity contribution in [2.45, 2.75) is 121 Å². The van der Waals surface area contributed by atoms with Crippen LogP contribution in [0.4, 0.5) is 0 Å². The number of aromatic hydroxyl groups is 2. The van der Waals surface area contributed by atoms with Crippen molar-refractivity contribution in [2.75, 3.05) is 19.5 Å². The van der Waals surface area contributed by atoms with E-state index < -0.39 is 65.9 Å². The lowest BCUT2D eigenvalue weighted by Crippen LogP contribution is -2.59. The zero-order chi connectivity index (χ0) is 40.7. The number of nitrogens with two attached hydrogens (primary N) is 1. The summed E-state index contributed by atoms with van der Waals surface area (Å²) in [6, 6.07) is 6.66. The third-order valence-electron chi connectivity index (χ3n) is 9.96. The number of rotatable bonds is 22. The first-order valence-electron chi connectivity index (χ1n) is 19.1. The Hall–Kier alpha value is -4.40. The molecule has 55 heavy (non-hydrogen) atoms. The molecule has 8 N–H and O–H groups in total. The largest absolute Gasteiger partial charge is 0.508 e. The summed E-state index contributed by atoms with van der Waals surface area (Å²) in [5.74, 6) is -3.26. The highest BCUT2D eigenvalue weighted by atomic mass is 35.5. The van der Waals surface area contributed by atoms with Crippen LogP contribution < -0.4 is 16.4 Å². The lowest BCUT2D eigenvalue weighted by Gasteiger charge is -2.36. The van der Waals surface area contributed by atoms with E-state index >= 15 is 0 Å². The van der Waals surface area contributed by atoms with Crippen LogP contribution >= 0.6 is 11.6 Å². The lowest BCUT2D eigenvalue weighted by molar-refractivity contribution is -0.150. The van der Waals surface area contributed by atoms with Crippen molar-refractivity contribution in [3.8, 4) is 11.5 Å². The molecule has 15 heteroatoms. The summed E-state index contributed by atoms with van der Waals surface area (Å²) in [4.78, 5) is 70.4. The van der Waals surface area contributed by atoms with Gasteiger partial charge in [-0.25, -0.2) is 4.79 Å². The first kappa shape index (κ1) is 45.0. The van der Waals surface area contributed by atoms with E-state index in [2.05, 4.69) is 10.6 Å². The standard InChI is InChI=1S/C40H58ClN5O9/c1-25(2)22-34(39(53)46-21-9-11-33(46)36(50)44-32(40(54)55)24-27-14-18-29(48)19-15-27)45(3)38(52)31(23-26-12-16-28(47)17-13-26)43-37(51)35(49)30(42)10-7-5-4-6-8-20-41/h12-19,25,30-35,47-49H,4-11,20-24,42H2,1-3H3,(H,43,51)(H,44,50)(H,54,55)/t30-,31+,32+,33-,34-,35-/m0/s1. The number of alkyl halides is 1. The van der Waals surface area contributed by atoms with Gasteiger partial charge in [0.15, 0.2) is 0 Å². The van der Waals surface area contributed by atoms with Gasteiger partial charge < -0.3 is 46.6 Å². The molecule has 304 valence electrons. The third-order valence-corrected chi connectivity index (χ3v) is 10.2. The second-order valence-electron chi connectivity index (χ2n) is 14.8. The van der Waals surface area contributed by atoms with Gasteiger partial charge in [-0.2, -0.15) is 0 Å². The number of likely N-dealkylation sites (tertiary alicyclic amines) is 1. The Morgan fingerprint density at radius 1 is 0.873 bits per heavy atom. The molecule has 0 bridgehead atoms. The van der Waals surface area contributed by atoms with Gasteiger partial charge in [-0.1, -0.05) is 63.8 Å². The minimum atomic E-state index is -1.59. The molecule has 3 rings (SSSR count). The third kappa shape index (κ3) is 14.0. The molecule has 2 aromatic rings. The van der Waals surface area contributed by atoms with Crippen LogP contribution in [0.1, 0.15) is 82.8 Å². The number of aliphatic hydroxyl groups excluding tert-OH is 1. The average Bonchev–Trinajstić information content (AvgIpc) is 3.65. The van der Waals surface area contributed by atoms with Crippen LogP contribution in [0.5, 0.6) is 11.5 Å². The maximum atomic E-state index is 14.3. The fourth-order valence-electron chi connectivity index (χ4n) is 6.78. The number of carboxylic acid groups (broad SMARTS) is 1. The number of phenolic OH excluding ortho intramolecular Hbond substituents is 2. The minimum absolute atomic E-state index is 0.0126. The number of carboxylic acids is 1. The van der Waals surface area contributed by atoms with Crippen molar-refractivity contribution in [2.24, 2.45) is 11.7 Å². The summed E-state index contributed by atoms with van der Waals surface area (Å²) >= 11 is 5.74. The predicted octanol–water partition coefficient (Wildman–Crippen LogP) is 3.07. The zero-order valence-corrected chi connectivity index (χ0v) is 32.8. The Balaban J connectivity index is 1.79. The number of nitrogens with one attached hydrogen (secondary N) is 2. The number of amides is 4. The van der Waals surface area contributed by atoms with Gasteiger partial charge in [-0.15, -0.1) is 11.6 Å². The van der Waals surface area contributed by atoms with E-state index in [-0.39, 0.29) is 43.2 Å². The normalized spacial score (nSPS) is 16.9. The van der Waals surface area contributed by atoms with Crippen LogP contribution in [0.25, 0.3) is 0 Å². The molecule has 1 aliphatic rings. The van der Waals surface area contributed by atoms with Crippen molar-refractivity contribution in [1.29, 1.82) is 0 Å². The van der Waals surface area contributed by atoms with Crippen molar-refractivity contribution < 1.29 is 44.4 Å². The Morgan fingerprint density at radius 3 is 1.96 bits per heavy atom. The number of aliphatic carboxylic acids is 1. The van der Waals surface area contributed by atoms with Crippen molar-refractivity contribution in [3.63, 3.8) is 0 Å². The number of halogens is 1. The van der Waals surface area contributed by atoms with E-state index in [1.807, 2.05) is 13.8 Å². The molecule has 14 nitrogen and oxygen atoms in total. The lowest BCUT2D eigenvalue weighted by atomic mass is 9.98. The number of phenols is 2. The maximum Gasteiger partial charge on any atom is 0.326 e. The van der Waals surface area contributed by atoms with E-state index in [1.165, 1.54) is 41.1 Å². The molecule has 1 aliphatic heterocycles. The number of carbonyl (C=O) groups excluding carboxylic acids is 4. The molecule has 0 saturated carbocycles.